The molecule has 32 heavy (non-hydrogen) atoms. The first kappa shape index (κ1) is 25.7. The molecule has 0 radical (unpaired) electrons. The van der Waals surface area contributed by atoms with Crippen LogP contribution < -0.4 is 16.5 Å². The molecule has 15 heteroatoms. The molecule has 1 aromatic heterocycles. The van der Waals surface area contributed by atoms with Crippen LogP contribution in [0.4, 0.5) is 5.82 Å². The first-order valence-electron chi connectivity index (χ1n) is 9.77. The van der Waals surface area contributed by atoms with Crippen LogP contribution in [0.25, 0.3) is 10.4 Å². The van der Waals surface area contributed by atoms with Crippen molar-refractivity contribution in [2.24, 2.45) is 11.0 Å². The van der Waals surface area contributed by atoms with E-state index in [2.05, 4.69) is 20.1 Å². The Morgan fingerprint density at radius 2 is 2.25 bits per heavy atom. The lowest BCUT2D eigenvalue weighted by molar-refractivity contribution is -0.146. The summed E-state index contributed by atoms with van der Waals surface area (Å²) in [6.45, 7) is 6.47. The van der Waals surface area contributed by atoms with Crippen molar-refractivity contribution in [3.05, 3.63) is 33.2 Å². The molecule has 1 aromatic rings. The number of carbonyl (C=O) groups is 1. The lowest BCUT2D eigenvalue weighted by Gasteiger charge is -2.27. The minimum absolute atomic E-state index is 0.0146. The fourth-order valence-corrected chi connectivity index (χ4v) is 3.73. The van der Waals surface area contributed by atoms with Crippen molar-refractivity contribution in [1.29, 1.82) is 0 Å². The molecule has 2 rings (SSSR count). The second-order valence-electron chi connectivity index (χ2n) is 7.86. The number of rotatable bonds is 10. The molecule has 1 unspecified atom stereocenters. The molecule has 6 atom stereocenters. The number of hydrogen-bond donors (Lipinski definition) is 3. The maximum atomic E-state index is 12.2. The highest BCUT2D eigenvalue weighted by Crippen LogP contribution is 2.41. The maximum absolute atomic E-state index is 12.2. The van der Waals surface area contributed by atoms with E-state index in [9.17, 15) is 19.3 Å². The maximum Gasteiger partial charge on any atom is 0.613 e. The minimum Gasteiger partial charge on any atom is -0.464 e. The van der Waals surface area contributed by atoms with Crippen LogP contribution in [0.3, 0.4) is 0 Å². The molecule has 0 aromatic carbocycles. The first-order valence-corrected chi connectivity index (χ1v) is 10.9. The average molecular weight is 472 g/mol. The van der Waals surface area contributed by atoms with Crippen LogP contribution in [0.5, 0.6) is 0 Å². The van der Waals surface area contributed by atoms with Gasteiger partial charge in [-0.3, -0.25) is 9.36 Å². The van der Waals surface area contributed by atoms with Crippen LogP contribution >= 0.6 is 8.18 Å². The summed E-state index contributed by atoms with van der Waals surface area (Å²) >= 11 is 0. The Balaban J connectivity index is 2.06. The number of carbonyl (C=O) groups excluding carboxylic acids is 1. The Kier molecular flexibility index (Phi) is 8.67. The van der Waals surface area contributed by atoms with E-state index in [0.717, 1.165) is 4.57 Å². The molecule has 2 heterocycles. The zero-order valence-corrected chi connectivity index (χ0v) is 19.0. The fourth-order valence-electron chi connectivity index (χ4n) is 2.95. The van der Waals surface area contributed by atoms with Crippen LogP contribution in [0, 0.1) is 5.92 Å². The Hall–Kier alpha value is -2.60. The highest BCUT2D eigenvalue weighted by Gasteiger charge is 2.55. The number of nitrogens with one attached hydrogen (secondary N) is 1. The van der Waals surface area contributed by atoms with Crippen LogP contribution in [0.15, 0.2) is 22.2 Å². The molecule has 0 amide bonds. The summed E-state index contributed by atoms with van der Waals surface area (Å²) in [5, 5.41) is 16.8. The number of nitrogens with two attached hydrogens (primary N) is 1. The number of azide groups is 1. The number of anilines is 1. The third kappa shape index (κ3) is 6.00. The fraction of sp³-hybridized carbons (Fsp3) is 0.706. The van der Waals surface area contributed by atoms with E-state index in [1.165, 1.54) is 26.1 Å². The highest BCUT2D eigenvalue weighted by molar-refractivity contribution is 7.36. The van der Waals surface area contributed by atoms with Crippen molar-refractivity contribution in [1.82, 2.24) is 14.6 Å². The van der Waals surface area contributed by atoms with E-state index < -0.39 is 49.9 Å². The quantitative estimate of drug-likeness (QED) is 0.145. The molecule has 0 bridgehead atoms. The Morgan fingerprint density at radius 3 is 2.84 bits per heavy atom. The van der Waals surface area contributed by atoms with Crippen LogP contribution in [0.1, 0.15) is 33.9 Å². The molecule has 1 fully saturated rings. The van der Waals surface area contributed by atoms with Gasteiger partial charge in [0.15, 0.2) is 6.23 Å². The van der Waals surface area contributed by atoms with Gasteiger partial charge in [-0.15, -0.1) is 4.52 Å². The van der Waals surface area contributed by atoms with Gasteiger partial charge >= 0.3 is 19.8 Å². The molecule has 0 saturated carbocycles. The van der Waals surface area contributed by atoms with Gasteiger partial charge in [0.25, 0.3) is 0 Å². The van der Waals surface area contributed by atoms with Gasteiger partial charge in [0.1, 0.15) is 30.1 Å². The number of esters is 1. The lowest BCUT2D eigenvalue weighted by Crippen LogP contribution is -2.44. The van der Waals surface area contributed by atoms with Crippen molar-refractivity contribution in [3.63, 3.8) is 0 Å². The molecule has 14 nitrogen and oxygen atoms in total. The first-order chi connectivity index (χ1) is 15.0. The SMILES string of the molecule is CC(C)COC(=O)[C@H](C)N[P+](=O)OC[C@H]1O[C@@H](n2ccc(N)nc2=O)[C@](C)(N=[N+]=[N-])[C@@H]1O. The molecule has 0 spiro atoms. The third-order valence-corrected chi connectivity index (χ3v) is 5.67. The van der Waals surface area contributed by atoms with Crippen LogP contribution in [-0.4, -0.2) is 57.6 Å². The largest absolute Gasteiger partial charge is 0.613 e. The molecule has 0 aliphatic carbocycles. The van der Waals surface area contributed by atoms with Gasteiger partial charge in [0.05, 0.1) is 12.7 Å². The summed E-state index contributed by atoms with van der Waals surface area (Å²) in [7, 11) is -2.52. The zero-order chi connectivity index (χ0) is 24.1. The normalized spacial score (nSPS) is 26.4. The summed E-state index contributed by atoms with van der Waals surface area (Å²) in [5.41, 5.74) is 12.1. The Labute approximate surface area is 184 Å². The highest BCUT2D eigenvalue weighted by atomic mass is 31.1. The van der Waals surface area contributed by atoms with E-state index in [1.54, 1.807) is 0 Å². The van der Waals surface area contributed by atoms with Gasteiger partial charge in [-0.25, -0.2) is 4.79 Å². The summed E-state index contributed by atoms with van der Waals surface area (Å²) in [6.07, 6.45) is -2.45. The van der Waals surface area contributed by atoms with Gasteiger partial charge in [0, 0.05) is 11.1 Å². The summed E-state index contributed by atoms with van der Waals surface area (Å²) < 4.78 is 29.2. The van der Waals surface area contributed by atoms with Crippen LogP contribution in [0.2, 0.25) is 0 Å². The molecular weight excluding hydrogens is 445 g/mol. The summed E-state index contributed by atoms with van der Waals surface area (Å²) in [6, 6.07) is 0.449. The van der Waals surface area contributed by atoms with E-state index in [-0.39, 0.29) is 24.9 Å². The number of nitrogen functional groups attached to an aromatic ring is 1. The van der Waals surface area contributed by atoms with Crippen molar-refractivity contribution in [3.8, 4) is 0 Å². The van der Waals surface area contributed by atoms with Crippen molar-refractivity contribution >= 4 is 20.0 Å². The smallest absolute Gasteiger partial charge is 0.464 e. The topological polar surface area (TPSA) is 204 Å². The van der Waals surface area contributed by atoms with Gasteiger partial charge in [-0.1, -0.05) is 24.0 Å². The number of aromatic nitrogens is 2. The second kappa shape index (κ2) is 10.8. The molecule has 4 N–H and O–H groups in total. The van der Waals surface area contributed by atoms with E-state index in [1.807, 2.05) is 13.8 Å². The number of hydrogen-bond acceptors (Lipinski definition) is 10. The molecule has 176 valence electrons. The van der Waals surface area contributed by atoms with E-state index in [4.69, 9.17) is 25.3 Å². The van der Waals surface area contributed by atoms with Gasteiger partial charge in [0.2, 0.25) is 0 Å². The molecule has 1 saturated heterocycles. The average Bonchev–Trinajstić information content (AvgIpc) is 2.95. The predicted molar refractivity (Wildman–Crippen MR) is 112 cm³/mol. The van der Waals surface area contributed by atoms with Gasteiger partial charge in [-0.05, 0) is 35.9 Å². The molecular formula is C17H27N7O7P+. The zero-order valence-electron chi connectivity index (χ0n) is 18.1. The third-order valence-electron chi connectivity index (χ3n) is 4.69. The number of nitrogens with zero attached hydrogens (tertiary/aromatic N) is 5. The summed E-state index contributed by atoms with van der Waals surface area (Å²) in [4.78, 5) is 30.4. The number of ether oxygens (including phenoxy) is 2. The number of aliphatic hydroxyl groups is 1. The van der Waals surface area contributed by atoms with Gasteiger partial charge < -0.3 is 20.3 Å². The van der Waals surface area contributed by atoms with Crippen LogP contribution in [-0.2, 0) is 23.4 Å². The predicted octanol–water partition coefficient (Wildman–Crippen LogP) is 1.00. The monoisotopic (exact) mass is 472 g/mol. The van der Waals surface area contributed by atoms with E-state index in [0.29, 0.717) is 0 Å². The second-order valence-corrected chi connectivity index (χ2v) is 8.89. The van der Waals surface area contributed by atoms with Gasteiger partial charge in [-0.2, -0.15) is 4.98 Å². The van der Waals surface area contributed by atoms with Crippen molar-refractivity contribution < 1.29 is 28.5 Å². The minimum atomic E-state index is -2.52. The standard InChI is InChI=1S/C17H26N7O7P/c1-9(2)7-29-14(26)10(3)21-32(28)30-8-11-13(25)17(4,22-23-19)15(31-11)24-6-5-12(18)20-16(24)27/h5-6,9-11,13,15,25H,7-8H2,1-4H3,(H2-,18,20,21,27,28)/p+1/t10-,11+,13+,15+,17+/m0/s1. The molecule has 1 aliphatic rings. The molecule has 1 aliphatic heterocycles. The summed E-state index contributed by atoms with van der Waals surface area (Å²) in [5.74, 6) is -0.451. The Bertz CT molecular complexity index is 951. The Morgan fingerprint density at radius 1 is 1.56 bits per heavy atom. The number of aliphatic hydroxyl groups excluding tert-OH is 1. The van der Waals surface area contributed by atoms with Crippen molar-refractivity contribution in [2.75, 3.05) is 18.9 Å². The van der Waals surface area contributed by atoms with E-state index >= 15 is 0 Å². The lowest BCUT2D eigenvalue weighted by atomic mass is 9.93. The van der Waals surface area contributed by atoms with Crippen molar-refractivity contribution in [2.45, 2.75) is 57.7 Å².